The number of aryl methyl sites for hydroxylation is 1. The van der Waals surface area contributed by atoms with Crippen LogP contribution in [0.3, 0.4) is 0 Å². The van der Waals surface area contributed by atoms with Gasteiger partial charge in [-0.2, -0.15) is 5.10 Å². The molecule has 0 fully saturated rings. The van der Waals surface area contributed by atoms with Gasteiger partial charge in [-0.05, 0) is 35.9 Å². The van der Waals surface area contributed by atoms with Crippen molar-refractivity contribution in [2.45, 2.75) is 13.0 Å². The fourth-order valence-corrected chi connectivity index (χ4v) is 3.57. The summed E-state index contributed by atoms with van der Waals surface area (Å²) in [4.78, 5) is 14.8. The number of carbonyl (C=O) groups is 1. The predicted octanol–water partition coefficient (Wildman–Crippen LogP) is 4.17. The molecule has 150 valence electrons. The van der Waals surface area contributed by atoms with E-state index in [2.05, 4.69) is 5.10 Å². The van der Waals surface area contributed by atoms with Crippen molar-refractivity contribution in [1.29, 1.82) is 0 Å². The molecule has 0 spiro atoms. The van der Waals surface area contributed by atoms with E-state index >= 15 is 0 Å². The van der Waals surface area contributed by atoms with E-state index in [0.717, 1.165) is 17.5 Å². The first-order valence-electron chi connectivity index (χ1n) is 9.45. The first kappa shape index (κ1) is 19.3. The molecule has 0 N–H and O–H groups in total. The van der Waals surface area contributed by atoms with Gasteiger partial charge in [-0.3, -0.25) is 9.48 Å². The van der Waals surface area contributed by atoms with E-state index in [1.807, 2.05) is 42.5 Å². The molecule has 3 aromatic rings. The Bertz CT molecular complexity index is 1050. The Hall–Kier alpha value is -2.99. The fraction of sp³-hybridized carbons (Fsp3) is 0.273. The van der Waals surface area contributed by atoms with Crippen LogP contribution in [0.2, 0.25) is 5.02 Å². The van der Waals surface area contributed by atoms with Crippen LogP contribution in [0.25, 0.3) is 11.3 Å². The van der Waals surface area contributed by atoms with Gasteiger partial charge in [-0.1, -0.05) is 23.7 Å². The largest absolute Gasteiger partial charge is 0.490 e. The number of hydrogen-bond donors (Lipinski definition) is 0. The maximum Gasteiger partial charge on any atom is 0.257 e. The maximum atomic E-state index is 13.2. The highest BCUT2D eigenvalue weighted by atomic mass is 35.5. The Labute approximate surface area is 174 Å². The number of aromatic nitrogens is 2. The van der Waals surface area contributed by atoms with E-state index in [1.165, 1.54) is 0 Å². The molecule has 2 aromatic carbocycles. The van der Waals surface area contributed by atoms with Crippen LogP contribution >= 0.6 is 11.6 Å². The maximum absolute atomic E-state index is 13.2. The lowest BCUT2D eigenvalue weighted by atomic mass is 10.1. The zero-order valence-electron chi connectivity index (χ0n) is 16.4. The van der Waals surface area contributed by atoms with Gasteiger partial charge in [0.05, 0.1) is 18.8 Å². The molecule has 2 heterocycles. The quantitative estimate of drug-likeness (QED) is 0.646. The summed E-state index contributed by atoms with van der Waals surface area (Å²) >= 11 is 6.06. The van der Waals surface area contributed by atoms with E-state index in [0.29, 0.717) is 47.5 Å². The second-order valence-corrected chi connectivity index (χ2v) is 7.50. The topological polar surface area (TPSA) is 56.6 Å². The average molecular weight is 412 g/mol. The zero-order valence-corrected chi connectivity index (χ0v) is 17.1. The number of halogens is 1. The van der Waals surface area contributed by atoms with Crippen LogP contribution in [0.4, 0.5) is 0 Å². The van der Waals surface area contributed by atoms with Crippen molar-refractivity contribution in [3.63, 3.8) is 0 Å². The Balaban J connectivity index is 1.63. The minimum Gasteiger partial charge on any atom is -0.490 e. The molecule has 1 aromatic heterocycles. The summed E-state index contributed by atoms with van der Waals surface area (Å²) in [6.07, 6.45) is 2.58. The van der Waals surface area contributed by atoms with Crippen molar-refractivity contribution in [2.24, 2.45) is 7.05 Å². The summed E-state index contributed by atoms with van der Waals surface area (Å²) in [5.41, 5.74) is 2.93. The highest BCUT2D eigenvalue weighted by Crippen LogP contribution is 2.35. The Morgan fingerprint density at radius 3 is 2.76 bits per heavy atom. The van der Waals surface area contributed by atoms with Crippen molar-refractivity contribution in [2.75, 3.05) is 20.3 Å². The highest BCUT2D eigenvalue weighted by Gasteiger charge is 2.22. The summed E-state index contributed by atoms with van der Waals surface area (Å²) in [6.45, 7) is 1.69. The first-order chi connectivity index (χ1) is 14.0. The standard InChI is InChI=1S/C22H22ClN3O3/c1-25(13-15-5-3-6-17(23)11-15)22(27)18-14-26(2)24-21(18)16-7-8-19-20(12-16)29-10-4-9-28-19/h3,5-8,11-12,14H,4,9-10,13H2,1-2H3. The number of carbonyl (C=O) groups excluding carboxylic acids is 1. The molecule has 0 radical (unpaired) electrons. The third-order valence-electron chi connectivity index (χ3n) is 4.74. The van der Waals surface area contributed by atoms with Crippen molar-refractivity contribution in [1.82, 2.24) is 14.7 Å². The molecule has 1 aliphatic rings. The molecule has 1 aliphatic heterocycles. The normalized spacial score (nSPS) is 13.1. The summed E-state index contributed by atoms with van der Waals surface area (Å²) in [7, 11) is 3.58. The molecule has 0 unspecified atom stereocenters. The van der Waals surface area contributed by atoms with Gasteiger partial charge in [0.25, 0.3) is 5.91 Å². The average Bonchev–Trinajstić information content (AvgIpc) is 2.94. The van der Waals surface area contributed by atoms with Gasteiger partial charge in [0.2, 0.25) is 0 Å². The molecule has 1 amide bonds. The first-order valence-corrected chi connectivity index (χ1v) is 9.82. The molecule has 0 aliphatic carbocycles. The van der Waals surface area contributed by atoms with Crippen LogP contribution in [0.15, 0.2) is 48.7 Å². The molecule has 0 bridgehead atoms. The SMILES string of the molecule is CN(Cc1cccc(Cl)c1)C(=O)c1cn(C)nc1-c1ccc2c(c1)OCCCO2. The van der Waals surface area contributed by atoms with Gasteiger partial charge in [0, 0.05) is 43.8 Å². The van der Waals surface area contributed by atoms with Gasteiger partial charge < -0.3 is 14.4 Å². The number of fused-ring (bicyclic) bond motifs is 1. The minimum atomic E-state index is -0.111. The van der Waals surface area contributed by atoms with Gasteiger partial charge in [0.1, 0.15) is 5.69 Å². The summed E-state index contributed by atoms with van der Waals surface area (Å²) < 4.78 is 13.1. The number of nitrogens with zero attached hydrogens (tertiary/aromatic N) is 3. The second-order valence-electron chi connectivity index (χ2n) is 7.07. The molecule has 0 saturated carbocycles. The van der Waals surface area contributed by atoms with E-state index in [9.17, 15) is 4.79 Å². The third-order valence-corrected chi connectivity index (χ3v) is 4.97. The highest BCUT2D eigenvalue weighted by molar-refractivity contribution is 6.30. The van der Waals surface area contributed by atoms with Crippen LogP contribution < -0.4 is 9.47 Å². The van der Waals surface area contributed by atoms with E-state index < -0.39 is 0 Å². The van der Waals surface area contributed by atoms with E-state index in [1.54, 1.807) is 29.9 Å². The van der Waals surface area contributed by atoms with Crippen molar-refractivity contribution in [3.05, 3.63) is 64.8 Å². The van der Waals surface area contributed by atoms with Gasteiger partial charge in [0.15, 0.2) is 11.5 Å². The van der Waals surface area contributed by atoms with Crippen LogP contribution in [0.5, 0.6) is 11.5 Å². The lowest BCUT2D eigenvalue weighted by molar-refractivity contribution is 0.0785. The Morgan fingerprint density at radius 2 is 1.97 bits per heavy atom. The Kier molecular flexibility index (Phi) is 5.45. The molecular weight excluding hydrogens is 390 g/mol. The molecule has 7 heteroatoms. The lowest BCUT2D eigenvalue weighted by Gasteiger charge is -2.17. The van der Waals surface area contributed by atoms with Gasteiger partial charge in [-0.15, -0.1) is 0 Å². The second kappa shape index (κ2) is 8.17. The van der Waals surface area contributed by atoms with Crippen molar-refractivity contribution < 1.29 is 14.3 Å². The molecule has 0 atom stereocenters. The number of amides is 1. The minimum absolute atomic E-state index is 0.111. The van der Waals surface area contributed by atoms with Gasteiger partial charge >= 0.3 is 0 Å². The molecule has 29 heavy (non-hydrogen) atoms. The summed E-state index contributed by atoms with van der Waals surface area (Å²) in [6, 6.07) is 13.2. The van der Waals surface area contributed by atoms with Gasteiger partial charge in [-0.25, -0.2) is 0 Å². The lowest BCUT2D eigenvalue weighted by Crippen LogP contribution is -2.26. The number of hydrogen-bond acceptors (Lipinski definition) is 4. The van der Waals surface area contributed by atoms with E-state index in [-0.39, 0.29) is 5.91 Å². The predicted molar refractivity (Wildman–Crippen MR) is 112 cm³/mol. The molecule has 4 rings (SSSR count). The smallest absolute Gasteiger partial charge is 0.257 e. The van der Waals surface area contributed by atoms with Crippen molar-refractivity contribution in [3.8, 4) is 22.8 Å². The van der Waals surface area contributed by atoms with Crippen LogP contribution in [-0.2, 0) is 13.6 Å². The molecular formula is C22H22ClN3O3. The van der Waals surface area contributed by atoms with Crippen LogP contribution in [-0.4, -0.2) is 40.8 Å². The zero-order chi connectivity index (χ0) is 20.4. The number of ether oxygens (including phenoxy) is 2. The Morgan fingerprint density at radius 1 is 1.17 bits per heavy atom. The molecule has 0 saturated heterocycles. The summed E-state index contributed by atoms with van der Waals surface area (Å²) in [5.74, 6) is 1.28. The van der Waals surface area contributed by atoms with Crippen LogP contribution in [0.1, 0.15) is 22.3 Å². The fourth-order valence-electron chi connectivity index (χ4n) is 3.36. The van der Waals surface area contributed by atoms with Crippen LogP contribution in [0, 0.1) is 0 Å². The number of rotatable bonds is 4. The summed E-state index contributed by atoms with van der Waals surface area (Å²) in [5, 5.41) is 5.18. The van der Waals surface area contributed by atoms with E-state index in [4.69, 9.17) is 21.1 Å². The monoisotopic (exact) mass is 411 g/mol. The third kappa shape index (κ3) is 4.22. The van der Waals surface area contributed by atoms with Crippen molar-refractivity contribution >= 4 is 17.5 Å². The number of benzene rings is 2. The molecule has 6 nitrogen and oxygen atoms in total.